The lowest BCUT2D eigenvalue weighted by molar-refractivity contribution is 1.29. The van der Waals surface area contributed by atoms with E-state index in [2.05, 4.69) is 96.8 Å². The molecule has 29 heavy (non-hydrogen) atoms. The van der Waals surface area contributed by atoms with Gasteiger partial charge in [0, 0.05) is 11.8 Å². The van der Waals surface area contributed by atoms with Gasteiger partial charge in [0.1, 0.15) is 0 Å². The molecule has 1 aromatic heterocycles. The fourth-order valence-electron chi connectivity index (χ4n) is 4.53. The van der Waals surface area contributed by atoms with Crippen LogP contribution in [0.25, 0.3) is 54.7 Å². The van der Waals surface area contributed by atoms with Crippen molar-refractivity contribution >= 4 is 32.3 Å². The first-order valence-corrected chi connectivity index (χ1v) is 9.98. The molecule has 6 rings (SSSR count). The van der Waals surface area contributed by atoms with Crippen LogP contribution in [0.1, 0.15) is 5.56 Å². The maximum atomic E-state index is 4.57. The second-order valence-electron chi connectivity index (χ2n) is 7.77. The van der Waals surface area contributed by atoms with Gasteiger partial charge in [-0.05, 0) is 74.1 Å². The lowest BCUT2D eigenvalue weighted by Crippen LogP contribution is -1.88. The highest BCUT2D eigenvalue weighted by atomic mass is 14.7. The Balaban J connectivity index is 1.63. The highest BCUT2D eigenvalue weighted by Crippen LogP contribution is 2.39. The number of hydrogen-bond donors (Lipinski definition) is 0. The van der Waals surface area contributed by atoms with Crippen molar-refractivity contribution in [1.29, 1.82) is 0 Å². The molecular formula is C28H19N. The number of aromatic nitrogens is 1. The zero-order valence-corrected chi connectivity index (χ0v) is 16.2. The maximum absolute atomic E-state index is 4.57. The number of nitrogens with zero attached hydrogens (tertiary/aromatic N) is 1. The third-order valence-corrected chi connectivity index (χ3v) is 5.91. The highest BCUT2D eigenvalue weighted by Gasteiger charge is 2.12. The number of rotatable bonds is 2. The fraction of sp³-hybridized carbons (Fsp3) is 0.0357. The summed E-state index contributed by atoms with van der Waals surface area (Å²) in [7, 11) is 0. The molecule has 0 bridgehead atoms. The molecular weight excluding hydrogens is 350 g/mol. The summed E-state index contributed by atoms with van der Waals surface area (Å²) in [5.74, 6) is 0. The smallest absolute Gasteiger partial charge is 0.0704 e. The number of pyridine rings is 1. The van der Waals surface area contributed by atoms with E-state index in [0.717, 1.165) is 11.3 Å². The molecule has 5 aromatic carbocycles. The summed E-state index contributed by atoms with van der Waals surface area (Å²) in [6, 6.07) is 33.0. The van der Waals surface area contributed by atoms with E-state index in [4.69, 9.17) is 0 Å². The molecule has 6 aromatic rings. The highest BCUT2D eigenvalue weighted by molar-refractivity contribution is 6.25. The second kappa shape index (κ2) is 6.15. The SMILES string of the molecule is Cc1ccnc(-c2cccc(-c3ccc4ccc5cccc6ccc3c4c56)c2)c1. The summed E-state index contributed by atoms with van der Waals surface area (Å²) < 4.78 is 0. The van der Waals surface area contributed by atoms with Crippen molar-refractivity contribution < 1.29 is 0 Å². The normalized spacial score (nSPS) is 11.6. The van der Waals surface area contributed by atoms with Gasteiger partial charge in [-0.1, -0.05) is 72.8 Å². The van der Waals surface area contributed by atoms with E-state index in [1.54, 1.807) is 0 Å². The first-order valence-electron chi connectivity index (χ1n) is 9.98. The van der Waals surface area contributed by atoms with Gasteiger partial charge in [0.05, 0.1) is 5.69 Å². The number of benzene rings is 5. The molecule has 0 unspecified atom stereocenters. The molecule has 0 fully saturated rings. The van der Waals surface area contributed by atoms with Crippen LogP contribution < -0.4 is 0 Å². The Labute approximate surface area is 169 Å². The van der Waals surface area contributed by atoms with E-state index >= 15 is 0 Å². The Hall–Kier alpha value is -3.71. The van der Waals surface area contributed by atoms with E-state index in [9.17, 15) is 0 Å². The van der Waals surface area contributed by atoms with Gasteiger partial charge >= 0.3 is 0 Å². The van der Waals surface area contributed by atoms with E-state index < -0.39 is 0 Å². The van der Waals surface area contributed by atoms with Gasteiger partial charge < -0.3 is 0 Å². The van der Waals surface area contributed by atoms with Gasteiger partial charge in [-0.25, -0.2) is 0 Å². The Bertz CT molecular complexity index is 1490. The van der Waals surface area contributed by atoms with Crippen molar-refractivity contribution in [1.82, 2.24) is 4.98 Å². The minimum Gasteiger partial charge on any atom is -0.256 e. The predicted molar refractivity (Wildman–Crippen MR) is 124 cm³/mol. The summed E-state index contributed by atoms with van der Waals surface area (Å²) in [4.78, 5) is 4.57. The minimum atomic E-state index is 1.02. The largest absolute Gasteiger partial charge is 0.256 e. The first kappa shape index (κ1) is 16.3. The van der Waals surface area contributed by atoms with Crippen molar-refractivity contribution in [2.75, 3.05) is 0 Å². The summed E-state index contributed by atoms with van der Waals surface area (Å²) in [6.45, 7) is 2.11. The summed E-state index contributed by atoms with van der Waals surface area (Å²) in [5.41, 5.74) is 5.89. The molecule has 1 heteroatoms. The Morgan fingerprint density at radius 3 is 2.10 bits per heavy atom. The topological polar surface area (TPSA) is 12.9 Å². The van der Waals surface area contributed by atoms with Crippen LogP contribution in [0, 0.1) is 6.92 Å². The number of hydrogen-bond acceptors (Lipinski definition) is 1. The van der Waals surface area contributed by atoms with Crippen LogP contribution in [-0.4, -0.2) is 4.98 Å². The van der Waals surface area contributed by atoms with Gasteiger partial charge in [-0.3, -0.25) is 4.98 Å². The van der Waals surface area contributed by atoms with Crippen molar-refractivity contribution in [2.45, 2.75) is 6.92 Å². The average Bonchev–Trinajstić information content (AvgIpc) is 2.77. The van der Waals surface area contributed by atoms with Crippen LogP contribution >= 0.6 is 0 Å². The van der Waals surface area contributed by atoms with Crippen LogP contribution in [0.2, 0.25) is 0 Å². The van der Waals surface area contributed by atoms with Crippen molar-refractivity contribution in [3.8, 4) is 22.4 Å². The quantitative estimate of drug-likeness (QED) is 0.286. The molecule has 0 atom stereocenters. The lowest BCUT2D eigenvalue weighted by atomic mass is 9.89. The maximum Gasteiger partial charge on any atom is 0.0704 e. The molecule has 0 aliphatic rings. The van der Waals surface area contributed by atoms with Crippen LogP contribution in [0.5, 0.6) is 0 Å². The second-order valence-corrected chi connectivity index (χ2v) is 7.77. The summed E-state index contributed by atoms with van der Waals surface area (Å²) in [5, 5.41) is 7.93. The van der Waals surface area contributed by atoms with Crippen molar-refractivity contribution in [2.24, 2.45) is 0 Å². The molecule has 0 saturated carbocycles. The third kappa shape index (κ3) is 2.51. The minimum absolute atomic E-state index is 1.02. The molecule has 1 nitrogen and oxygen atoms in total. The van der Waals surface area contributed by atoms with Crippen LogP contribution in [0.3, 0.4) is 0 Å². The molecule has 0 amide bonds. The summed E-state index contributed by atoms with van der Waals surface area (Å²) >= 11 is 0. The van der Waals surface area contributed by atoms with Gasteiger partial charge in [0.2, 0.25) is 0 Å². The molecule has 0 radical (unpaired) electrons. The third-order valence-electron chi connectivity index (χ3n) is 5.91. The Morgan fingerprint density at radius 1 is 0.586 bits per heavy atom. The first-order chi connectivity index (χ1) is 14.3. The van der Waals surface area contributed by atoms with Gasteiger partial charge in [0.25, 0.3) is 0 Å². The monoisotopic (exact) mass is 369 g/mol. The van der Waals surface area contributed by atoms with Crippen molar-refractivity contribution in [3.63, 3.8) is 0 Å². The molecule has 0 aliphatic heterocycles. The average molecular weight is 369 g/mol. The standard InChI is InChI=1S/C28H19N/c1-18-14-15-29-26(16-18)23-7-3-6-22(17-23)24-12-10-21-9-8-19-4-2-5-20-11-13-25(24)28(21)27(19)20/h2-17H,1H3. The van der Waals surface area contributed by atoms with Crippen LogP contribution in [0.15, 0.2) is 97.2 Å². The number of aryl methyl sites for hydroxylation is 1. The molecule has 0 aliphatic carbocycles. The van der Waals surface area contributed by atoms with E-state index in [-0.39, 0.29) is 0 Å². The van der Waals surface area contributed by atoms with Gasteiger partial charge in [-0.15, -0.1) is 0 Å². The Kier molecular flexibility index (Phi) is 3.45. The zero-order chi connectivity index (χ0) is 19.4. The lowest BCUT2D eigenvalue weighted by Gasteiger charge is -2.14. The molecule has 1 heterocycles. The molecule has 0 saturated heterocycles. The van der Waals surface area contributed by atoms with Crippen LogP contribution in [-0.2, 0) is 0 Å². The summed E-state index contributed by atoms with van der Waals surface area (Å²) in [6.07, 6.45) is 1.88. The van der Waals surface area contributed by atoms with Gasteiger partial charge in [-0.2, -0.15) is 0 Å². The van der Waals surface area contributed by atoms with Crippen LogP contribution in [0.4, 0.5) is 0 Å². The van der Waals surface area contributed by atoms with E-state index in [1.807, 2.05) is 12.3 Å². The van der Waals surface area contributed by atoms with Crippen molar-refractivity contribution in [3.05, 3.63) is 103 Å². The zero-order valence-electron chi connectivity index (χ0n) is 16.2. The Morgan fingerprint density at radius 2 is 1.28 bits per heavy atom. The predicted octanol–water partition coefficient (Wildman–Crippen LogP) is 7.62. The van der Waals surface area contributed by atoms with E-state index in [1.165, 1.54) is 49.0 Å². The van der Waals surface area contributed by atoms with E-state index in [0.29, 0.717) is 0 Å². The fourth-order valence-corrected chi connectivity index (χ4v) is 4.53. The molecule has 0 N–H and O–H groups in total. The molecule has 0 spiro atoms. The van der Waals surface area contributed by atoms with Gasteiger partial charge in [0.15, 0.2) is 0 Å². The molecule has 136 valence electrons.